The molecule has 0 saturated carbocycles. The average molecular weight is 638 g/mol. The van der Waals surface area contributed by atoms with Crippen LogP contribution < -0.4 is 0 Å². The molecule has 2 amide bonds. The van der Waals surface area contributed by atoms with Gasteiger partial charge in [0.2, 0.25) is 11.8 Å². The van der Waals surface area contributed by atoms with Gasteiger partial charge in [0.25, 0.3) is 0 Å². The first-order valence-electron chi connectivity index (χ1n) is 16.9. The van der Waals surface area contributed by atoms with E-state index in [9.17, 15) is 19.5 Å². The quantitative estimate of drug-likeness (QED) is 0.168. The summed E-state index contributed by atoms with van der Waals surface area (Å²) in [5, 5.41) is 10.8. The van der Waals surface area contributed by atoms with E-state index in [4.69, 9.17) is 14.2 Å². The molecular formula is C36H51N3O7. The standard InChI is InChI=1S/C36H51N3O7/c1-5-7-8-12-20-45-34(43)30-29-32(41)39(28(25-40)23-27-13-10-9-11-14-27)31(36(29)24-26(3)35(30,4)46-36)33(42)38(15-6-2)17-16-37-18-21-44-22-19-37/h5-6,9-11,13-14,26,28-31,40H,1-2,7-8,12,15-25H2,3-4H3/t26?,28-,29+,30-,31?,35+,36?/m1/s1. The lowest BCUT2D eigenvalue weighted by Crippen LogP contribution is -2.60. The Balaban J connectivity index is 1.50. The van der Waals surface area contributed by atoms with Crippen LogP contribution in [-0.2, 0) is 35.0 Å². The van der Waals surface area contributed by atoms with Crippen molar-refractivity contribution in [1.82, 2.24) is 14.7 Å². The van der Waals surface area contributed by atoms with E-state index in [1.807, 2.05) is 50.3 Å². The zero-order valence-corrected chi connectivity index (χ0v) is 27.5. The number of nitrogens with zero attached hydrogens (tertiary/aromatic N) is 3. The van der Waals surface area contributed by atoms with Crippen molar-refractivity contribution in [3.8, 4) is 0 Å². The van der Waals surface area contributed by atoms with Crippen molar-refractivity contribution < 1.29 is 33.7 Å². The molecule has 4 aliphatic heterocycles. The lowest BCUT2D eigenvalue weighted by molar-refractivity contribution is -0.163. The maximum Gasteiger partial charge on any atom is 0.312 e. The molecule has 7 atom stereocenters. The number of aliphatic hydroxyl groups excluding tert-OH is 1. The molecule has 1 aromatic carbocycles. The number of fused-ring (bicyclic) bond motifs is 1. The molecule has 10 nitrogen and oxygen atoms in total. The SMILES string of the molecule is C=CCCCCOC(=O)[C@H]1[C@H]2C(=O)N([C@@H](CO)Cc3ccccc3)C(C(=O)N(CC=C)CCN3CCOCC3)C23CC(C)[C@]1(C)O3. The summed E-state index contributed by atoms with van der Waals surface area (Å²) in [5.74, 6) is -2.89. The van der Waals surface area contributed by atoms with E-state index in [0.29, 0.717) is 52.1 Å². The van der Waals surface area contributed by atoms with Crippen LogP contribution in [0.3, 0.4) is 0 Å². The van der Waals surface area contributed by atoms with Crippen molar-refractivity contribution in [3.05, 3.63) is 61.2 Å². The van der Waals surface area contributed by atoms with Crippen LogP contribution in [0.2, 0.25) is 0 Å². The number of hydrogen-bond donors (Lipinski definition) is 1. The summed E-state index contributed by atoms with van der Waals surface area (Å²) in [6, 6.07) is 7.94. The molecule has 4 fully saturated rings. The van der Waals surface area contributed by atoms with Gasteiger partial charge in [0.1, 0.15) is 17.6 Å². The number of carbonyl (C=O) groups excluding carboxylic acids is 3. The molecule has 10 heteroatoms. The number of esters is 1. The number of likely N-dealkylation sites (tertiary alicyclic amines) is 1. The van der Waals surface area contributed by atoms with Crippen LogP contribution >= 0.6 is 0 Å². The molecule has 4 heterocycles. The number of allylic oxidation sites excluding steroid dienone is 1. The fourth-order valence-corrected chi connectivity index (χ4v) is 8.21. The lowest BCUT2D eigenvalue weighted by atomic mass is 9.62. The molecular weight excluding hydrogens is 586 g/mol. The minimum atomic E-state index is -1.22. The van der Waals surface area contributed by atoms with Crippen molar-refractivity contribution in [2.24, 2.45) is 17.8 Å². The Hall–Kier alpha value is -3.05. The summed E-state index contributed by atoms with van der Waals surface area (Å²) in [4.78, 5) is 49.1. The molecule has 1 spiro atoms. The maximum absolute atomic E-state index is 14.9. The van der Waals surface area contributed by atoms with Crippen LogP contribution in [0.5, 0.6) is 0 Å². The zero-order chi connectivity index (χ0) is 32.9. The fraction of sp³-hybridized carbons (Fsp3) is 0.639. The number of carbonyl (C=O) groups is 3. The highest BCUT2D eigenvalue weighted by atomic mass is 16.6. The molecule has 4 saturated heterocycles. The second kappa shape index (κ2) is 14.8. The molecule has 1 N–H and O–H groups in total. The topological polar surface area (TPSA) is 109 Å². The Bertz CT molecular complexity index is 1250. The highest BCUT2D eigenvalue weighted by Crippen LogP contribution is 2.65. The maximum atomic E-state index is 14.9. The number of amides is 2. The van der Waals surface area contributed by atoms with Gasteiger partial charge in [-0.1, -0.05) is 49.4 Å². The summed E-state index contributed by atoms with van der Waals surface area (Å²) >= 11 is 0. The van der Waals surface area contributed by atoms with E-state index < -0.39 is 41.1 Å². The number of benzene rings is 1. The number of aliphatic hydroxyl groups is 1. The van der Waals surface area contributed by atoms with Gasteiger partial charge in [-0.2, -0.15) is 0 Å². The molecule has 252 valence electrons. The van der Waals surface area contributed by atoms with Crippen LogP contribution in [0.15, 0.2) is 55.6 Å². The Morgan fingerprint density at radius 1 is 1.17 bits per heavy atom. The fourth-order valence-electron chi connectivity index (χ4n) is 8.21. The predicted molar refractivity (Wildman–Crippen MR) is 174 cm³/mol. The van der Waals surface area contributed by atoms with Crippen LogP contribution in [0.1, 0.15) is 45.1 Å². The normalized spacial score (nSPS) is 31.0. The zero-order valence-electron chi connectivity index (χ0n) is 27.5. The third-order valence-electron chi connectivity index (χ3n) is 10.7. The van der Waals surface area contributed by atoms with E-state index in [1.54, 1.807) is 15.9 Å². The van der Waals surface area contributed by atoms with Gasteiger partial charge in [0, 0.05) is 32.7 Å². The summed E-state index contributed by atoms with van der Waals surface area (Å²) in [6.45, 7) is 15.8. The van der Waals surface area contributed by atoms with Gasteiger partial charge in [-0.15, -0.1) is 13.2 Å². The summed E-state index contributed by atoms with van der Waals surface area (Å²) in [7, 11) is 0. The van der Waals surface area contributed by atoms with Crippen LogP contribution in [0.4, 0.5) is 0 Å². The number of morpholine rings is 1. The number of rotatable bonds is 16. The van der Waals surface area contributed by atoms with Gasteiger partial charge in [0.05, 0.1) is 44.0 Å². The Morgan fingerprint density at radius 2 is 1.91 bits per heavy atom. The smallest absolute Gasteiger partial charge is 0.312 e. The Morgan fingerprint density at radius 3 is 2.59 bits per heavy atom. The van der Waals surface area contributed by atoms with Crippen molar-refractivity contribution >= 4 is 17.8 Å². The van der Waals surface area contributed by atoms with E-state index >= 15 is 0 Å². The molecule has 0 aliphatic carbocycles. The van der Waals surface area contributed by atoms with Gasteiger partial charge in [-0.3, -0.25) is 19.3 Å². The van der Waals surface area contributed by atoms with Gasteiger partial charge in [0.15, 0.2) is 0 Å². The molecule has 4 aliphatic rings. The van der Waals surface area contributed by atoms with Gasteiger partial charge >= 0.3 is 5.97 Å². The molecule has 1 aromatic rings. The van der Waals surface area contributed by atoms with E-state index in [-0.39, 0.29) is 30.9 Å². The molecule has 46 heavy (non-hydrogen) atoms. The first-order valence-corrected chi connectivity index (χ1v) is 16.9. The molecule has 0 aromatic heterocycles. The first-order chi connectivity index (χ1) is 22.2. The summed E-state index contributed by atoms with van der Waals surface area (Å²) in [5.41, 5.74) is -1.25. The van der Waals surface area contributed by atoms with Gasteiger partial charge < -0.3 is 29.1 Å². The number of ether oxygens (including phenoxy) is 3. The third-order valence-corrected chi connectivity index (χ3v) is 10.7. The average Bonchev–Trinajstić information content (AvgIpc) is 3.58. The molecule has 5 rings (SSSR count). The van der Waals surface area contributed by atoms with Gasteiger partial charge in [-0.05, 0) is 50.5 Å². The van der Waals surface area contributed by atoms with Crippen LogP contribution in [0.25, 0.3) is 0 Å². The van der Waals surface area contributed by atoms with Crippen molar-refractivity contribution in [2.45, 2.75) is 69.2 Å². The second-order valence-corrected chi connectivity index (χ2v) is 13.5. The van der Waals surface area contributed by atoms with Gasteiger partial charge in [-0.25, -0.2) is 0 Å². The number of unbranched alkanes of at least 4 members (excludes halogenated alkanes) is 2. The number of hydrogen-bond acceptors (Lipinski definition) is 8. The molecule has 3 unspecified atom stereocenters. The van der Waals surface area contributed by atoms with E-state index in [1.165, 1.54) is 0 Å². The lowest BCUT2D eigenvalue weighted by Gasteiger charge is -2.40. The highest BCUT2D eigenvalue weighted by Gasteiger charge is 2.80. The monoisotopic (exact) mass is 637 g/mol. The largest absolute Gasteiger partial charge is 0.465 e. The van der Waals surface area contributed by atoms with Crippen LogP contribution in [0, 0.1) is 17.8 Å². The Labute approximate surface area is 273 Å². The molecule has 2 bridgehead atoms. The van der Waals surface area contributed by atoms with E-state index in [0.717, 1.165) is 31.5 Å². The minimum Gasteiger partial charge on any atom is -0.465 e. The predicted octanol–water partition coefficient (Wildman–Crippen LogP) is 2.85. The summed E-state index contributed by atoms with van der Waals surface area (Å²) < 4.78 is 18.2. The van der Waals surface area contributed by atoms with Crippen molar-refractivity contribution in [3.63, 3.8) is 0 Å². The highest BCUT2D eigenvalue weighted by molar-refractivity contribution is 5.99. The van der Waals surface area contributed by atoms with Crippen LogP contribution in [-0.4, -0.2) is 120 Å². The van der Waals surface area contributed by atoms with Crippen molar-refractivity contribution in [2.75, 3.05) is 59.2 Å². The summed E-state index contributed by atoms with van der Waals surface area (Å²) in [6.07, 6.45) is 6.72. The third kappa shape index (κ3) is 6.41. The minimum absolute atomic E-state index is 0.104. The van der Waals surface area contributed by atoms with Crippen molar-refractivity contribution in [1.29, 1.82) is 0 Å². The first kappa shape index (κ1) is 34.3. The molecule has 0 radical (unpaired) electrons. The second-order valence-electron chi connectivity index (χ2n) is 13.5. The Kier molecular flexibility index (Phi) is 11.0. The van der Waals surface area contributed by atoms with E-state index in [2.05, 4.69) is 18.1 Å².